The number of hydrogen-bond donors (Lipinski definition) is 2. The molecular formula is C22H17BrN2. The standard InChI is InChI=1S/C22H17BrN2/c23-16-10-11-20-17(13-16)18-12-15-8-4-5-9-19(15)24-21(22(18)25-20)14-6-2-1-3-7-14/h1-11,13,21,24-25H,12H2. The Morgan fingerprint density at radius 3 is 2.56 bits per heavy atom. The van der Waals surface area contributed by atoms with E-state index in [9.17, 15) is 0 Å². The minimum absolute atomic E-state index is 0.117. The molecule has 2 heterocycles. The highest BCUT2D eigenvalue weighted by Gasteiger charge is 2.26. The largest absolute Gasteiger partial charge is 0.373 e. The van der Waals surface area contributed by atoms with E-state index in [1.54, 1.807) is 0 Å². The fourth-order valence-electron chi connectivity index (χ4n) is 3.81. The molecule has 0 aliphatic carbocycles. The normalized spacial score (nSPS) is 16.0. The zero-order valence-corrected chi connectivity index (χ0v) is 15.2. The maximum Gasteiger partial charge on any atom is 0.0921 e. The Balaban J connectivity index is 1.79. The lowest BCUT2D eigenvalue weighted by Crippen LogP contribution is -2.12. The molecule has 0 amide bonds. The van der Waals surface area contributed by atoms with Crippen LogP contribution in [0.5, 0.6) is 0 Å². The van der Waals surface area contributed by atoms with Gasteiger partial charge in [-0.3, -0.25) is 0 Å². The van der Waals surface area contributed by atoms with Gasteiger partial charge in [0.05, 0.1) is 6.04 Å². The molecule has 1 aliphatic rings. The third-order valence-corrected chi connectivity index (χ3v) is 5.50. The number of hydrogen-bond acceptors (Lipinski definition) is 1. The van der Waals surface area contributed by atoms with Crippen LogP contribution in [0.3, 0.4) is 0 Å². The van der Waals surface area contributed by atoms with Crippen LogP contribution < -0.4 is 5.32 Å². The summed E-state index contributed by atoms with van der Waals surface area (Å²) in [5.41, 5.74) is 7.65. The maximum absolute atomic E-state index is 3.76. The Labute approximate surface area is 155 Å². The third-order valence-electron chi connectivity index (χ3n) is 5.01. The number of para-hydroxylation sites is 1. The highest BCUT2D eigenvalue weighted by Crippen LogP contribution is 2.39. The summed E-state index contributed by atoms with van der Waals surface area (Å²) in [6.07, 6.45) is 0.929. The van der Waals surface area contributed by atoms with E-state index in [1.165, 1.54) is 39.0 Å². The number of anilines is 1. The molecule has 0 radical (unpaired) electrons. The number of halogens is 1. The van der Waals surface area contributed by atoms with Crippen molar-refractivity contribution in [1.82, 2.24) is 4.98 Å². The highest BCUT2D eigenvalue weighted by molar-refractivity contribution is 9.10. The zero-order chi connectivity index (χ0) is 16.8. The van der Waals surface area contributed by atoms with Crippen LogP contribution >= 0.6 is 15.9 Å². The molecule has 0 bridgehead atoms. The number of benzene rings is 3. The Morgan fingerprint density at radius 1 is 0.880 bits per heavy atom. The molecule has 3 aromatic carbocycles. The quantitative estimate of drug-likeness (QED) is 0.408. The molecule has 0 saturated carbocycles. The van der Waals surface area contributed by atoms with Gasteiger partial charge in [0.2, 0.25) is 0 Å². The fraction of sp³-hybridized carbons (Fsp3) is 0.0909. The number of fused-ring (bicyclic) bond motifs is 4. The van der Waals surface area contributed by atoms with Crippen LogP contribution in [-0.4, -0.2) is 4.98 Å². The van der Waals surface area contributed by atoms with Crippen LogP contribution in [0.15, 0.2) is 77.3 Å². The van der Waals surface area contributed by atoms with Gasteiger partial charge in [-0.2, -0.15) is 0 Å². The Morgan fingerprint density at radius 2 is 1.68 bits per heavy atom. The fourth-order valence-corrected chi connectivity index (χ4v) is 4.17. The van der Waals surface area contributed by atoms with Crippen LogP contribution in [0.2, 0.25) is 0 Å². The summed E-state index contributed by atoms with van der Waals surface area (Å²) in [7, 11) is 0. The van der Waals surface area contributed by atoms with Crippen LogP contribution in [0.25, 0.3) is 10.9 Å². The molecule has 0 spiro atoms. The smallest absolute Gasteiger partial charge is 0.0921 e. The van der Waals surface area contributed by atoms with Crippen LogP contribution in [0.1, 0.15) is 28.4 Å². The van der Waals surface area contributed by atoms with Crippen molar-refractivity contribution in [2.24, 2.45) is 0 Å². The third kappa shape index (κ3) is 2.47. The Bertz CT molecular complexity index is 1070. The van der Waals surface area contributed by atoms with Gasteiger partial charge < -0.3 is 10.3 Å². The summed E-state index contributed by atoms with van der Waals surface area (Å²) < 4.78 is 1.11. The molecule has 1 atom stereocenters. The van der Waals surface area contributed by atoms with E-state index in [-0.39, 0.29) is 6.04 Å². The topological polar surface area (TPSA) is 27.8 Å². The van der Waals surface area contributed by atoms with Gasteiger partial charge >= 0.3 is 0 Å². The van der Waals surface area contributed by atoms with Gasteiger partial charge in [-0.15, -0.1) is 0 Å². The average molecular weight is 389 g/mol. The van der Waals surface area contributed by atoms with Crippen molar-refractivity contribution in [2.45, 2.75) is 12.5 Å². The molecule has 25 heavy (non-hydrogen) atoms. The summed E-state index contributed by atoms with van der Waals surface area (Å²) in [5.74, 6) is 0. The molecule has 5 rings (SSSR count). The minimum atomic E-state index is 0.117. The van der Waals surface area contributed by atoms with E-state index in [2.05, 4.69) is 99.0 Å². The first-order valence-corrected chi connectivity index (χ1v) is 9.28. The summed E-state index contributed by atoms with van der Waals surface area (Å²) >= 11 is 3.63. The van der Waals surface area contributed by atoms with Crippen molar-refractivity contribution in [2.75, 3.05) is 5.32 Å². The lowest BCUT2D eigenvalue weighted by molar-refractivity contribution is 0.900. The van der Waals surface area contributed by atoms with Gasteiger partial charge in [0.1, 0.15) is 0 Å². The SMILES string of the molecule is Brc1ccc2[nH]c3c(c2c1)Cc1ccccc1NC3c1ccccc1. The molecule has 0 saturated heterocycles. The first-order valence-electron chi connectivity index (χ1n) is 8.49. The molecule has 1 aliphatic heterocycles. The van der Waals surface area contributed by atoms with Gasteiger partial charge in [0.15, 0.2) is 0 Å². The molecule has 1 unspecified atom stereocenters. The second-order valence-electron chi connectivity index (χ2n) is 6.53. The zero-order valence-electron chi connectivity index (χ0n) is 13.6. The Hall–Kier alpha value is -2.52. The molecule has 4 aromatic rings. The summed E-state index contributed by atoms with van der Waals surface area (Å²) in [4.78, 5) is 3.68. The molecule has 2 N–H and O–H groups in total. The summed E-state index contributed by atoms with van der Waals surface area (Å²) in [6.45, 7) is 0. The molecular weight excluding hydrogens is 372 g/mol. The number of aromatic amines is 1. The monoisotopic (exact) mass is 388 g/mol. The number of nitrogens with one attached hydrogen (secondary N) is 2. The van der Waals surface area contributed by atoms with E-state index < -0.39 is 0 Å². The van der Waals surface area contributed by atoms with Crippen molar-refractivity contribution in [3.63, 3.8) is 0 Å². The van der Waals surface area contributed by atoms with Crippen molar-refractivity contribution in [3.05, 3.63) is 99.7 Å². The minimum Gasteiger partial charge on any atom is -0.373 e. The van der Waals surface area contributed by atoms with E-state index in [0.717, 1.165) is 10.9 Å². The van der Waals surface area contributed by atoms with Gasteiger partial charge in [-0.05, 0) is 41.0 Å². The number of aromatic nitrogens is 1. The lowest BCUT2D eigenvalue weighted by atomic mass is 9.98. The second kappa shape index (κ2) is 5.78. The number of H-pyrrole nitrogens is 1. The van der Waals surface area contributed by atoms with Crippen molar-refractivity contribution < 1.29 is 0 Å². The first kappa shape index (κ1) is 14.8. The van der Waals surface area contributed by atoms with Crippen molar-refractivity contribution >= 4 is 32.5 Å². The van der Waals surface area contributed by atoms with Gasteiger partial charge in [-0.1, -0.05) is 64.5 Å². The average Bonchev–Trinajstić information content (AvgIpc) is 2.90. The molecule has 2 nitrogen and oxygen atoms in total. The van der Waals surface area contributed by atoms with Gasteiger partial charge in [-0.25, -0.2) is 0 Å². The lowest BCUT2D eigenvalue weighted by Gasteiger charge is -2.19. The van der Waals surface area contributed by atoms with Crippen LogP contribution in [0, 0.1) is 0 Å². The maximum atomic E-state index is 3.76. The van der Waals surface area contributed by atoms with Crippen LogP contribution in [-0.2, 0) is 6.42 Å². The molecule has 3 heteroatoms. The van der Waals surface area contributed by atoms with E-state index in [4.69, 9.17) is 0 Å². The van der Waals surface area contributed by atoms with Gasteiger partial charge in [0.25, 0.3) is 0 Å². The molecule has 1 aromatic heterocycles. The number of rotatable bonds is 1. The summed E-state index contributed by atoms with van der Waals surface area (Å²) in [6, 6.07) is 25.9. The van der Waals surface area contributed by atoms with Gasteiger partial charge in [0, 0.05) is 33.2 Å². The summed E-state index contributed by atoms with van der Waals surface area (Å²) in [5, 5.41) is 5.06. The highest BCUT2D eigenvalue weighted by atomic mass is 79.9. The van der Waals surface area contributed by atoms with Crippen LogP contribution in [0.4, 0.5) is 5.69 Å². The predicted molar refractivity (Wildman–Crippen MR) is 107 cm³/mol. The van der Waals surface area contributed by atoms with E-state index >= 15 is 0 Å². The van der Waals surface area contributed by atoms with Crippen molar-refractivity contribution in [3.8, 4) is 0 Å². The van der Waals surface area contributed by atoms with E-state index in [0.29, 0.717) is 0 Å². The Kier molecular flexibility index (Phi) is 3.42. The molecule has 0 fully saturated rings. The van der Waals surface area contributed by atoms with E-state index in [1.807, 2.05) is 0 Å². The predicted octanol–water partition coefficient (Wildman–Crippen LogP) is 6.04. The van der Waals surface area contributed by atoms with Crippen molar-refractivity contribution in [1.29, 1.82) is 0 Å². The first-order chi connectivity index (χ1) is 12.3. The second-order valence-corrected chi connectivity index (χ2v) is 7.44. The molecule has 122 valence electrons.